The van der Waals surface area contributed by atoms with E-state index in [1.165, 1.54) is 16.2 Å². The number of aromatic nitrogens is 1. The van der Waals surface area contributed by atoms with Gasteiger partial charge in [-0.2, -0.15) is 0 Å². The molecule has 0 saturated carbocycles. The fraction of sp³-hybridized carbons (Fsp3) is 0.233. The van der Waals surface area contributed by atoms with E-state index >= 15 is 0 Å². The van der Waals surface area contributed by atoms with Crippen molar-refractivity contribution in [2.24, 2.45) is 0 Å². The summed E-state index contributed by atoms with van der Waals surface area (Å²) in [5.41, 5.74) is 6.23. The number of thiazole rings is 1. The number of aliphatic hydroxyl groups excluding tert-OH is 1. The number of nitrogens with zero attached hydrogens (tertiary/aromatic N) is 2. The van der Waals surface area contributed by atoms with Crippen molar-refractivity contribution in [2.45, 2.75) is 46.3 Å². The van der Waals surface area contributed by atoms with Crippen LogP contribution in [0.2, 0.25) is 0 Å². The summed E-state index contributed by atoms with van der Waals surface area (Å²) in [4.78, 5) is 33.3. The molecule has 4 aromatic rings. The standard InChI is InChI=1S/C30H26N2O4S/c1-15-5-7-19(8-6-15)26-24(27(33)20-9-10-22-21(14-20)13-18(4)36-22)28(34)29(35)32(26)30-31-25-17(3)11-16(2)12-23(25)37-30/h5-12,14,18,26,33H,13H2,1-4H3/b27-24-. The van der Waals surface area contributed by atoms with Gasteiger partial charge in [0.1, 0.15) is 17.6 Å². The molecule has 186 valence electrons. The third-order valence-corrected chi connectivity index (χ3v) is 8.03. The molecule has 1 saturated heterocycles. The molecule has 6 nitrogen and oxygen atoms in total. The first kappa shape index (κ1) is 23.4. The van der Waals surface area contributed by atoms with Gasteiger partial charge >= 0.3 is 5.91 Å². The quantitative estimate of drug-likeness (QED) is 0.203. The number of hydrogen-bond acceptors (Lipinski definition) is 6. The Hall–Kier alpha value is -3.97. The molecule has 3 heterocycles. The molecule has 1 aromatic heterocycles. The van der Waals surface area contributed by atoms with Crippen molar-refractivity contribution in [3.63, 3.8) is 0 Å². The van der Waals surface area contributed by atoms with Gasteiger partial charge in [-0.05, 0) is 74.2 Å². The predicted molar refractivity (Wildman–Crippen MR) is 145 cm³/mol. The maximum absolute atomic E-state index is 13.5. The number of carbonyl (C=O) groups excluding carboxylic acids is 2. The Balaban J connectivity index is 1.54. The van der Waals surface area contributed by atoms with Gasteiger partial charge in [0.2, 0.25) is 0 Å². The van der Waals surface area contributed by atoms with E-state index in [0.29, 0.717) is 10.7 Å². The number of aryl methyl sites for hydroxylation is 3. The number of Topliss-reactive ketones (excluding diaryl/α,β-unsaturated/α-hetero) is 1. The molecule has 2 aliphatic rings. The Morgan fingerprint density at radius 1 is 1.03 bits per heavy atom. The van der Waals surface area contributed by atoms with E-state index in [4.69, 9.17) is 9.72 Å². The van der Waals surface area contributed by atoms with Crippen LogP contribution in [0.5, 0.6) is 5.75 Å². The largest absolute Gasteiger partial charge is 0.507 e. The van der Waals surface area contributed by atoms with Gasteiger partial charge in [-0.1, -0.05) is 47.2 Å². The molecular weight excluding hydrogens is 484 g/mol. The summed E-state index contributed by atoms with van der Waals surface area (Å²) in [6.07, 6.45) is 0.771. The molecule has 1 fully saturated rings. The number of aliphatic hydroxyl groups is 1. The van der Waals surface area contributed by atoms with Crippen LogP contribution in [0.1, 0.15) is 46.3 Å². The average molecular weight is 511 g/mol. The van der Waals surface area contributed by atoms with Crippen molar-refractivity contribution in [3.8, 4) is 5.75 Å². The summed E-state index contributed by atoms with van der Waals surface area (Å²) in [7, 11) is 0. The molecule has 2 atom stereocenters. The van der Waals surface area contributed by atoms with Crippen LogP contribution in [0, 0.1) is 20.8 Å². The van der Waals surface area contributed by atoms with E-state index < -0.39 is 17.7 Å². The number of fused-ring (bicyclic) bond motifs is 2. The van der Waals surface area contributed by atoms with E-state index in [1.54, 1.807) is 6.07 Å². The van der Waals surface area contributed by atoms with Crippen molar-refractivity contribution in [2.75, 3.05) is 4.90 Å². The lowest BCUT2D eigenvalue weighted by Crippen LogP contribution is -2.29. The summed E-state index contributed by atoms with van der Waals surface area (Å²) in [5, 5.41) is 11.9. The number of benzene rings is 3. The SMILES string of the molecule is Cc1ccc(C2/C(=C(/O)c3ccc4c(c3)CC(C)O4)C(=O)C(=O)N2c2nc3c(C)cc(C)cc3s2)cc1. The average Bonchev–Trinajstić information content (AvgIpc) is 3.52. The number of ketones is 1. The monoisotopic (exact) mass is 510 g/mol. The van der Waals surface area contributed by atoms with Crippen LogP contribution >= 0.6 is 11.3 Å². The highest BCUT2D eigenvalue weighted by atomic mass is 32.1. The van der Waals surface area contributed by atoms with E-state index in [2.05, 4.69) is 6.07 Å². The lowest BCUT2D eigenvalue weighted by atomic mass is 9.94. The maximum atomic E-state index is 13.5. The maximum Gasteiger partial charge on any atom is 0.301 e. The first-order chi connectivity index (χ1) is 17.7. The molecule has 2 aliphatic heterocycles. The highest BCUT2D eigenvalue weighted by Crippen LogP contribution is 2.45. The molecule has 0 spiro atoms. The minimum atomic E-state index is -0.800. The van der Waals surface area contributed by atoms with Crippen LogP contribution in [0.15, 0.2) is 60.2 Å². The van der Waals surface area contributed by atoms with E-state index in [-0.39, 0.29) is 17.4 Å². The topological polar surface area (TPSA) is 79.7 Å². The highest BCUT2D eigenvalue weighted by molar-refractivity contribution is 7.22. The van der Waals surface area contributed by atoms with Crippen LogP contribution in [0.3, 0.4) is 0 Å². The van der Waals surface area contributed by atoms with Gasteiger partial charge in [0, 0.05) is 12.0 Å². The minimum Gasteiger partial charge on any atom is -0.507 e. The Morgan fingerprint density at radius 3 is 2.54 bits per heavy atom. The van der Waals surface area contributed by atoms with Crippen molar-refractivity contribution >= 4 is 44.1 Å². The van der Waals surface area contributed by atoms with E-state index in [1.807, 2.05) is 70.2 Å². The first-order valence-electron chi connectivity index (χ1n) is 12.3. The molecular formula is C30H26N2O4S. The smallest absolute Gasteiger partial charge is 0.301 e. The molecule has 2 unspecified atom stereocenters. The summed E-state index contributed by atoms with van der Waals surface area (Å²) in [5.74, 6) is -0.833. The van der Waals surface area contributed by atoms with Crippen molar-refractivity contribution < 1.29 is 19.4 Å². The summed E-state index contributed by atoms with van der Waals surface area (Å²) in [6, 6.07) is 16.3. The fourth-order valence-electron chi connectivity index (χ4n) is 5.28. The van der Waals surface area contributed by atoms with Crippen LogP contribution in [0.4, 0.5) is 5.13 Å². The Kier molecular flexibility index (Phi) is 5.42. The Labute approximate surface area is 218 Å². The second-order valence-electron chi connectivity index (χ2n) is 9.96. The lowest BCUT2D eigenvalue weighted by molar-refractivity contribution is -0.132. The number of amides is 1. The van der Waals surface area contributed by atoms with Gasteiger partial charge in [0.05, 0.1) is 21.8 Å². The zero-order chi connectivity index (χ0) is 26.0. The van der Waals surface area contributed by atoms with Gasteiger partial charge < -0.3 is 9.84 Å². The van der Waals surface area contributed by atoms with Gasteiger partial charge in [-0.25, -0.2) is 4.98 Å². The van der Waals surface area contributed by atoms with Gasteiger partial charge in [-0.3, -0.25) is 14.5 Å². The zero-order valence-electron chi connectivity index (χ0n) is 21.0. The molecule has 7 heteroatoms. The number of ether oxygens (including phenoxy) is 1. The van der Waals surface area contributed by atoms with Gasteiger partial charge in [-0.15, -0.1) is 0 Å². The second-order valence-corrected chi connectivity index (χ2v) is 11.0. The third-order valence-electron chi connectivity index (χ3n) is 7.03. The van der Waals surface area contributed by atoms with Crippen LogP contribution in [-0.4, -0.2) is 27.9 Å². The molecule has 0 aliphatic carbocycles. The summed E-state index contributed by atoms with van der Waals surface area (Å²) < 4.78 is 6.74. The molecule has 1 N–H and O–H groups in total. The number of hydrogen-bond donors (Lipinski definition) is 1. The fourth-order valence-corrected chi connectivity index (χ4v) is 6.45. The number of carbonyl (C=O) groups is 2. The van der Waals surface area contributed by atoms with Crippen molar-refractivity contribution in [1.82, 2.24) is 4.98 Å². The highest BCUT2D eigenvalue weighted by Gasteiger charge is 2.48. The zero-order valence-corrected chi connectivity index (χ0v) is 21.8. The van der Waals surface area contributed by atoms with E-state index in [9.17, 15) is 14.7 Å². The van der Waals surface area contributed by atoms with E-state index in [0.717, 1.165) is 50.2 Å². The molecule has 1 amide bonds. The van der Waals surface area contributed by atoms with Crippen LogP contribution < -0.4 is 9.64 Å². The summed E-state index contributed by atoms with van der Waals surface area (Å²) >= 11 is 1.38. The normalized spacial score (nSPS) is 20.5. The molecule has 0 radical (unpaired) electrons. The lowest BCUT2D eigenvalue weighted by Gasteiger charge is -2.23. The third kappa shape index (κ3) is 3.81. The second kappa shape index (κ2) is 8.56. The molecule has 6 rings (SSSR count). The first-order valence-corrected chi connectivity index (χ1v) is 13.1. The minimum absolute atomic E-state index is 0.0525. The van der Waals surface area contributed by atoms with Gasteiger partial charge in [0.25, 0.3) is 5.78 Å². The summed E-state index contributed by atoms with van der Waals surface area (Å²) in [6.45, 7) is 7.98. The Bertz CT molecular complexity index is 1630. The van der Waals surface area contributed by atoms with Crippen LogP contribution in [0.25, 0.3) is 16.0 Å². The molecule has 0 bridgehead atoms. The van der Waals surface area contributed by atoms with Crippen LogP contribution in [-0.2, 0) is 16.0 Å². The van der Waals surface area contributed by atoms with Crippen molar-refractivity contribution in [1.29, 1.82) is 0 Å². The predicted octanol–water partition coefficient (Wildman–Crippen LogP) is 6.17. The van der Waals surface area contributed by atoms with Crippen molar-refractivity contribution in [3.05, 3.63) is 93.6 Å². The number of anilines is 1. The molecule has 3 aromatic carbocycles. The van der Waals surface area contributed by atoms with Gasteiger partial charge in [0.15, 0.2) is 5.13 Å². The Morgan fingerprint density at radius 2 is 1.78 bits per heavy atom. The molecule has 37 heavy (non-hydrogen) atoms. The number of rotatable bonds is 3.